The first kappa shape index (κ1) is 17.9. The van der Waals surface area contributed by atoms with Crippen LogP contribution in [-0.4, -0.2) is 46.9 Å². The van der Waals surface area contributed by atoms with E-state index < -0.39 is 30.1 Å². The number of esters is 1. The fourth-order valence-corrected chi connectivity index (χ4v) is 1.79. The van der Waals surface area contributed by atoms with Crippen molar-refractivity contribution in [2.45, 2.75) is 38.5 Å². The number of aliphatic hydroxyl groups is 1. The molecule has 0 aliphatic heterocycles. The van der Waals surface area contributed by atoms with E-state index in [0.717, 1.165) is 5.56 Å². The SMILES string of the molecule is CCOC(=O)[C@@H](Cc1ccc(O)cc1)NC(=O)[C@@H](N)[C@@H](C)O. The Morgan fingerprint density at radius 2 is 1.91 bits per heavy atom. The van der Waals surface area contributed by atoms with Gasteiger partial charge in [0.15, 0.2) is 0 Å². The van der Waals surface area contributed by atoms with Gasteiger partial charge in [-0.25, -0.2) is 4.79 Å². The molecular formula is C15H22N2O5. The minimum Gasteiger partial charge on any atom is -0.508 e. The summed E-state index contributed by atoms with van der Waals surface area (Å²) < 4.78 is 4.93. The third kappa shape index (κ3) is 5.34. The van der Waals surface area contributed by atoms with Crippen LogP contribution >= 0.6 is 0 Å². The van der Waals surface area contributed by atoms with Crippen molar-refractivity contribution >= 4 is 11.9 Å². The zero-order valence-corrected chi connectivity index (χ0v) is 12.7. The van der Waals surface area contributed by atoms with E-state index in [0.29, 0.717) is 0 Å². The smallest absolute Gasteiger partial charge is 0.328 e. The van der Waals surface area contributed by atoms with Gasteiger partial charge in [-0.1, -0.05) is 12.1 Å². The quantitative estimate of drug-likeness (QED) is 0.513. The minimum atomic E-state index is -1.13. The number of nitrogens with one attached hydrogen (secondary N) is 1. The van der Waals surface area contributed by atoms with Gasteiger partial charge in [0.2, 0.25) is 5.91 Å². The topological polar surface area (TPSA) is 122 Å². The molecular weight excluding hydrogens is 288 g/mol. The van der Waals surface area contributed by atoms with E-state index in [1.54, 1.807) is 19.1 Å². The maximum absolute atomic E-state index is 12.0. The van der Waals surface area contributed by atoms with Gasteiger partial charge < -0.3 is 26.0 Å². The van der Waals surface area contributed by atoms with E-state index in [1.165, 1.54) is 19.1 Å². The minimum absolute atomic E-state index is 0.108. The van der Waals surface area contributed by atoms with Crippen molar-refractivity contribution in [2.24, 2.45) is 5.73 Å². The molecule has 122 valence electrons. The van der Waals surface area contributed by atoms with Crippen LogP contribution in [-0.2, 0) is 20.7 Å². The number of hydrogen-bond acceptors (Lipinski definition) is 6. The van der Waals surface area contributed by atoms with Crippen LogP contribution in [0, 0.1) is 0 Å². The summed E-state index contributed by atoms with van der Waals surface area (Å²) in [6.45, 7) is 3.24. The van der Waals surface area contributed by atoms with E-state index in [9.17, 15) is 19.8 Å². The summed E-state index contributed by atoms with van der Waals surface area (Å²) in [5.74, 6) is -1.11. The molecule has 0 fully saturated rings. The fourth-order valence-electron chi connectivity index (χ4n) is 1.79. The molecule has 1 rings (SSSR count). The number of ether oxygens (including phenoxy) is 1. The number of amides is 1. The van der Waals surface area contributed by atoms with E-state index in [1.807, 2.05) is 0 Å². The van der Waals surface area contributed by atoms with Crippen LogP contribution in [0.3, 0.4) is 0 Å². The third-order valence-corrected chi connectivity index (χ3v) is 3.09. The molecule has 0 aliphatic rings. The standard InChI is InChI=1S/C15H22N2O5/c1-3-22-15(21)12(17-14(20)13(16)9(2)18)8-10-4-6-11(19)7-5-10/h4-7,9,12-13,18-19H,3,8,16H2,1-2H3,(H,17,20)/t9-,12-,13+/m1/s1. The Kier molecular flexibility index (Phi) is 6.81. The Labute approximate surface area is 129 Å². The van der Waals surface area contributed by atoms with Crippen LogP contribution in [0.4, 0.5) is 0 Å². The Morgan fingerprint density at radius 3 is 2.41 bits per heavy atom. The number of phenolic OH excluding ortho intramolecular Hbond substituents is 1. The van der Waals surface area contributed by atoms with Gasteiger partial charge in [-0.3, -0.25) is 4.79 Å². The molecule has 22 heavy (non-hydrogen) atoms. The molecule has 1 aromatic rings. The van der Waals surface area contributed by atoms with Crippen molar-refractivity contribution in [1.29, 1.82) is 0 Å². The van der Waals surface area contributed by atoms with Gasteiger partial charge in [0.1, 0.15) is 17.8 Å². The second-order valence-corrected chi connectivity index (χ2v) is 4.95. The van der Waals surface area contributed by atoms with Crippen LogP contribution < -0.4 is 11.1 Å². The highest BCUT2D eigenvalue weighted by atomic mass is 16.5. The van der Waals surface area contributed by atoms with E-state index in [2.05, 4.69) is 5.32 Å². The predicted molar refractivity (Wildman–Crippen MR) is 80.0 cm³/mol. The first-order chi connectivity index (χ1) is 10.3. The highest BCUT2D eigenvalue weighted by molar-refractivity contribution is 5.87. The maximum atomic E-state index is 12.0. The third-order valence-electron chi connectivity index (χ3n) is 3.09. The first-order valence-corrected chi connectivity index (χ1v) is 7.03. The first-order valence-electron chi connectivity index (χ1n) is 7.03. The van der Waals surface area contributed by atoms with Crippen molar-refractivity contribution < 1.29 is 24.5 Å². The van der Waals surface area contributed by atoms with Crippen LogP contribution in [0.15, 0.2) is 24.3 Å². The lowest BCUT2D eigenvalue weighted by molar-refractivity contribution is -0.147. The van der Waals surface area contributed by atoms with Crippen molar-refractivity contribution in [3.8, 4) is 5.75 Å². The lowest BCUT2D eigenvalue weighted by Gasteiger charge is -2.21. The Balaban J connectivity index is 2.82. The number of phenols is 1. The summed E-state index contributed by atoms with van der Waals surface area (Å²) in [7, 11) is 0. The Bertz CT molecular complexity index is 501. The lowest BCUT2D eigenvalue weighted by Crippen LogP contribution is -2.53. The summed E-state index contributed by atoms with van der Waals surface area (Å²) in [4.78, 5) is 23.9. The number of aromatic hydroxyl groups is 1. The number of nitrogens with two attached hydrogens (primary N) is 1. The maximum Gasteiger partial charge on any atom is 0.328 e. The monoisotopic (exact) mass is 310 g/mol. The van der Waals surface area contributed by atoms with Gasteiger partial charge in [0.05, 0.1) is 12.7 Å². The lowest BCUT2D eigenvalue weighted by atomic mass is 10.0. The average Bonchev–Trinajstić information content (AvgIpc) is 2.47. The second-order valence-electron chi connectivity index (χ2n) is 4.95. The molecule has 5 N–H and O–H groups in total. The molecule has 0 bridgehead atoms. The summed E-state index contributed by atoms with van der Waals surface area (Å²) >= 11 is 0. The van der Waals surface area contributed by atoms with Crippen molar-refractivity contribution in [2.75, 3.05) is 6.61 Å². The summed E-state index contributed by atoms with van der Waals surface area (Å²) in [6, 6.07) is 4.21. The number of aliphatic hydroxyl groups excluding tert-OH is 1. The predicted octanol–water partition coefficient (Wildman–Crippen LogP) is -0.309. The zero-order valence-electron chi connectivity index (χ0n) is 12.7. The van der Waals surface area contributed by atoms with E-state index in [-0.39, 0.29) is 18.8 Å². The molecule has 0 radical (unpaired) electrons. The fraction of sp³-hybridized carbons (Fsp3) is 0.467. The van der Waals surface area contributed by atoms with Gasteiger partial charge in [0.25, 0.3) is 0 Å². The average molecular weight is 310 g/mol. The van der Waals surface area contributed by atoms with Gasteiger partial charge in [-0.2, -0.15) is 0 Å². The largest absolute Gasteiger partial charge is 0.508 e. The molecule has 0 spiro atoms. The molecule has 0 unspecified atom stereocenters. The number of benzene rings is 1. The Hall–Kier alpha value is -2.12. The summed E-state index contributed by atoms with van der Waals surface area (Å²) in [5.41, 5.74) is 6.29. The van der Waals surface area contributed by atoms with Crippen LogP contribution in [0.2, 0.25) is 0 Å². The molecule has 3 atom stereocenters. The molecule has 1 aromatic carbocycles. The highest BCUT2D eigenvalue weighted by Crippen LogP contribution is 2.12. The molecule has 7 heteroatoms. The number of carbonyl (C=O) groups excluding carboxylic acids is 2. The summed E-state index contributed by atoms with van der Waals surface area (Å²) in [6.07, 6.45) is -0.839. The molecule has 0 saturated heterocycles. The summed E-state index contributed by atoms with van der Waals surface area (Å²) in [5, 5.41) is 21.1. The van der Waals surface area contributed by atoms with E-state index in [4.69, 9.17) is 10.5 Å². The van der Waals surface area contributed by atoms with Crippen molar-refractivity contribution in [3.05, 3.63) is 29.8 Å². The van der Waals surface area contributed by atoms with Gasteiger partial charge in [-0.05, 0) is 31.5 Å². The molecule has 0 aromatic heterocycles. The highest BCUT2D eigenvalue weighted by Gasteiger charge is 2.27. The van der Waals surface area contributed by atoms with Crippen molar-refractivity contribution in [3.63, 3.8) is 0 Å². The van der Waals surface area contributed by atoms with Gasteiger partial charge in [0, 0.05) is 6.42 Å². The number of rotatable bonds is 7. The van der Waals surface area contributed by atoms with Gasteiger partial charge >= 0.3 is 5.97 Å². The molecule has 0 heterocycles. The second kappa shape index (κ2) is 8.35. The number of hydrogen-bond donors (Lipinski definition) is 4. The molecule has 1 amide bonds. The molecule has 7 nitrogen and oxygen atoms in total. The van der Waals surface area contributed by atoms with E-state index >= 15 is 0 Å². The normalized spacial score (nSPS) is 14.7. The number of carbonyl (C=O) groups is 2. The zero-order chi connectivity index (χ0) is 16.7. The molecule has 0 aliphatic carbocycles. The van der Waals surface area contributed by atoms with Gasteiger partial charge in [-0.15, -0.1) is 0 Å². The Morgan fingerprint density at radius 1 is 1.32 bits per heavy atom. The molecule has 0 saturated carbocycles. The van der Waals surface area contributed by atoms with Crippen LogP contribution in [0.25, 0.3) is 0 Å². The van der Waals surface area contributed by atoms with Crippen LogP contribution in [0.5, 0.6) is 5.75 Å². The van der Waals surface area contributed by atoms with Crippen LogP contribution in [0.1, 0.15) is 19.4 Å². The van der Waals surface area contributed by atoms with Crippen molar-refractivity contribution in [1.82, 2.24) is 5.32 Å².